The molecule has 86 valence electrons. The predicted molar refractivity (Wildman–Crippen MR) is 66.3 cm³/mol. The molecule has 0 aliphatic carbocycles. The molecule has 0 amide bonds. The summed E-state index contributed by atoms with van der Waals surface area (Å²) in [5.41, 5.74) is 2.25. The van der Waals surface area contributed by atoms with E-state index in [1.807, 2.05) is 13.0 Å². The molecule has 0 spiro atoms. The highest BCUT2D eigenvalue weighted by Gasteiger charge is 2.13. The molecule has 0 bridgehead atoms. The van der Waals surface area contributed by atoms with Crippen LogP contribution in [-0.2, 0) is 0 Å². The third kappa shape index (κ3) is 1.69. The zero-order valence-electron chi connectivity index (χ0n) is 8.79. The number of aryl methyl sites for hydroxylation is 1. The molecule has 0 aliphatic heterocycles. The zero-order valence-corrected chi connectivity index (χ0v) is 10.3. The molecular formula is C11H7Cl2N3O. The highest BCUT2D eigenvalue weighted by molar-refractivity contribution is 6.41. The van der Waals surface area contributed by atoms with Crippen LogP contribution in [0.15, 0.2) is 22.8 Å². The Labute approximate surface area is 107 Å². The Kier molecular flexibility index (Phi) is 2.34. The Morgan fingerprint density at radius 2 is 2.12 bits per heavy atom. The van der Waals surface area contributed by atoms with Gasteiger partial charge in [0.15, 0.2) is 17.2 Å². The van der Waals surface area contributed by atoms with E-state index in [1.165, 1.54) is 0 Å². The highest BCUT2D eigenvalue weighted by Crippen LogP contribution is 2.27. The molecule has 0 saturated carbocycles. The molecule has 0 aromatic carbocycles. The summed E-state index contributed by atoms with van der Waals surface area (Å²) >= 11 is 11.7. The Balaban J connectivity index is 2.24. The quantitative estimate of drug-likeness (QED) is 0.682. The number of aromatic amines is 1. The maximum absolute atomic E-state index is 5.89. The molecule has 0 aliphatic rings. The van der Waals surface area contributed by atoms with Crippen molar-refractivity contribution < 1.29 is 4.42 Å². The van der Waals surface area contributed by atoms with Gasteiger partial charge in [-0.3, -0.25) is 0 Å². The summed E-state index contributed by atoms with van der Waals surface area (Å²) < 4.78 is 5.35. The summed E-state index contributed by atoms with van der Waals surface area (Å²) in [7, 11) is 0. The minimum Gasteiger partial charge on any atom is -0.461 e. The lowest BCUT2D eigenvalue weighted by Crippen LogP contribution is -1.80. The monoisotopic (exact) mass is 267 g/mol. The van der Waals surface area contributed by atoms with Gasteiger partial charge in [-0.05, 0) is 24.6 Å². The molecule has 3 rings (SSSR count). The Morgan fingerprint density at radius 3 is 2.82 bits per heavy atom. The second-order valence-electron chi connectivity index (χ2n) is 3.65. The zero-order chi connectivity index (χ0) is 12.0. The van der Waals surface area contributed by atoms with Crippen molar-refractivity contribution in [3.8, 4) is 11.6 Å². The maximum atomic E-state index is 5.89. The normalized spacial score (nSPS) is 11.2. The van der Waals surface area contributed by atoms with Crippen LogP contribution in [0.4, 0.5) is 0 Å². The van der Waals surface area contributed by atoms with Gasteiger partial charge in [0.25, 0.3) is 0 Å². The van der Waals surface area contributed by atoms with Crippen LogP contribution in [0.5, 0.6) is 0 Å². The molecule has 3 heterocycles. The topological polar surface area (TPSA) is 54.7 Å². The summed E-state index contributed by atoms with van der Waals surface area (Å²) in [6.07, 6.45) is 1.62. The van der Waals surface area contributed by atoms with E-state index in [9.17, 15) is 0 Å². The number of H-pyrrole nitrogens is 1. The number of hydrogen-bond donors (Lipinski definition) is 1. The SMILES string of the molecule is Cc1ccoc1-c1nc2nc(Cl)c(Cl)cc2[nH]1. The fourth-order valence-corrected chi connectivity index (χ4v) is 1.90. The number of imidazole rings is 1. The number of nitrogens with zero attached hydrogens (tertiary/aromatic N) is 2. The van der Waals surface area contributed by atoms with E-state index in [1.54, 1.807) is 12.3 Å². The van der Waals surface area contributed by atoms with E-state index >= 15 is 0 Å². The lowest BCUT2D eigenvalue weighted by Gasteiger charge is -1.92. The molecule has 1 N–H and O–H groups in total. The molecule has 3 aromatic heterocycles. The number of pyridine rings is 1. The molecule has 0 unspecified atom stereocenters. The maximum Gasteiger partial charge on any atom is 0.179 e. The third-order valence-corrected chi connectivity index (χ3v) is 3.13. The van der Waals surface area contributed by atoms with Gasteiger partial charge in [0, 0.05) is 0 Å². The lowest BCUT2D eigenvalue weighted by molar-refractivity contribution is 0.577. The van der Waals surface area contributed by atoms with Gasteiger partial charge >= 0.3 is 0 Å². The number of hydrogen-bond acceptors (Lipinski definition) is 3. The number of aromatic nitrogens is 3. The van der Waals surface area contributed by atoms with Gasteiger partial charge in [-0.2, -0.15) is 0 Å². The van der Waals surface area contributed by atoms with Crippen LogP contribution in [0.2, 0.25) is 10.2 Å². The molecule has 4 nitrogen and oxygen atoms in total. The first-order chi connectivity index (χ1) is 8.15. The molecule has 17 heavy (non-hydrogen) atoms. The van der Waals surface area contributed by atoms with Crippen molar-refractivity contribution in [3.63, 3.8) is 0 Å². The molecule has 0 fully saturated rings. The summed E-state index contributed by atoms with van der Waals surface area (Å²) in [6.45, 7) is 1.94. The fraction of sp³-hybridized carbons (Fsp3) is 0.0909. The van der Waals surface area contributed by atoms with Crippen LogP contribution in [0.25, 0.3) is 22.7 Å². The van der Waals surface area contributed by atoms with Crippen LogP contribution < -0.4 is 0 Å². The smallest absolute Gasteiger partial charge is 0.179 e. The van der Waals surface area contributed by atoms with Gasteiger partial charge in [-0.15, -0.1) is 0 Å². The van der Waals surface area contributed by atoms with Gasteiger partial charge in [0.2, 0.25) is 0 Å². The van der Waals surface area contributed by atoms with Crippen LogP contribution in [-0.4, -0.2) is 15.0 Å². The van der Waals surface area contributed by atoms with E-state index in [4.69, 9.17) is 27.6 Å². The highest BCUT2D eigenvalue weighted by atomic mass is 35.5. The molecule has 0 atom stereocenters. The minimum absolute atomic E-state index is 0.244. The van der Waals surface area contributed by atoms with Crippen molar-refractivity contribution in [1.29, 1.82) is 0 Å². The van der Waals surface area contributed by atoms with Crippen molar-refractivity contribution in [1.82, 2.24) is 15.0 Å². The van der Waals surface area contributed by atoms with E-state index in [2.05, 4.69) is 15.0 Å². The van der Waals surface area contributed by atoms with E-state index in [0.717, 1.165) is 11.1 Å². The third-order valence-electron chi connectivity index (χ3n) is 2.46. The molecule has 6 heteroatoms. The first-order valence-electron chi connectivity index (χ1n) is 4.91. The van der Waals surface area contributed by atoms with Crippen molar-refractivity contribution in [2.45, 2.75) is 6.92 Å². The summed E-state index contributed by atoms with van der Waals surface area (Å²) in [5, 5.41) is 0.638. The number of rotatable bonds is 1. The Morgan fingerprint density at radius 1 is 1.29 bits per heavy atom. The molecular weight excluding hydrogens is 261 g/mol. The van der Waals surface area contributed by atoms with Crippen molar-refractivity contribution in [3.05, 3.63) is 34.1 Å². The van der Waals surface area contributed by atoms with Crippen LogP contribution in [0, 0.1) is 6.92 Å². The second-order valence-corrected chi connectivity index (χ2v) is 4.42. The number of furan rings is 1. The lowest BCUT2D eigenvalue weighted by atomic mass is 10.3. The number of halogens is 2. The first-order valence-corrected chi connectivity index (χ1v) is 5.67. The minimum atomic E-state index is 0.244. The summed E-state index contributed by atoms with van der Waals surface area (Å²) in [5.74, 6) is 1.31. The van der Waals surface area contributed by atoms with Gasteiger partial charge in [-0.1, -0.05) is 23.2 Å². The van der Waals surface area contributed by atoms with Crippen LogP contribution in [0.3, 0.4) is 0 Å². The second kappa shape index (κ2) is 3.75. The van der Waals surface area contributed by atoms with E-state index in [0.29, 0.717) is 22.3 Å². The van der Waals surface area contributed by atoms with Gasteiger partial charge in [0.05, 0.1) is 16.8 Å². The largest absolute Gasteiger partial charge is 0.461 e. The number of fused-ring (bicyclic) bond motifs is 1. The van der Waals surface area contributed by atoms with Crippen molar-refractivity contribution in [2.75, 3.05) is 0 Å². The van der Waals surface area contributed by atoms with E-state index < -0.39 is 0 Å². The average molecular weight is 268 g/mol. The standard InChI is InChI=1S/C11H7Cl2N3O/c1-5-2-3-17-8(5)11-14-7-4-6(12)9(13)15-10(7)16-11/h2-4H,1H3,(H,14,15,16). The molecule has 0 saturated heterocycles. The number of nitrogens with one attached hydrogen (secondary N) is 1. The molecule has 0 radical (unpaired) electrons. The van der Waals surface area contributed by atoms with Gasteiger partial charge in [0.1, 0.15) is 5.15 Å². The van der Waals surface area contributed by atoms with Gasteiger partial charge < -0.3 is 9.40 Å². The van der Waals surface area contributed by atoms with E-state index in [-0.39, 0.29) is 5.15 Å². The van der Waals surface area contributed by atoms with Crippen LogP contribution >= 0.6 is 23.2 Å². The predicted octanol–water partition coefficient (Wildman–Crippen LogP) is 3.83. The Hall–Kier alpha value is -1.52. The van der Waals surface area contributed by atoms with Crippen LogP contribution in [0.1, 0.15) is 5.56 Å². The van der Waals surface area contributed by atoms with Crippen molar-refractivity contribution >= 4 is 34.4 Å². The Bertz CT molecular complexity index is 663. The van der Waals surface area contributed by atoms with Gasteiger partial charge in [-0.25, -0.2) is 9.97 Å². The fourth-order valence-electron chi connectivity index (χ4n) is 1.62. The molecule has 3 aromatic rings. The summed E-state index contributed by atoms with van der Waals surface area (Å²) in [6, 6.07) is 3.57. The average Bonchev–Trinajstić information content (AvgIpc) is 2.85. The summed E-state index contributed by atoms with van der Waals surface area (Å²) in [4.78, 5) is 11.5. The first kappa shape index (κ1) is 10.6. The van der Waals surface area contributed by atoms with Crippen molar-refractivity contribution in [2.24, 2.45) is 0 Å².